The van der Waals surface area contributed by atoms with Crippen molar-refractivity contribution in [2.45, 2.75) is 19.4 Å². The van der Waals surface area contributed by atoms with Crippen molar-refractivity contribution in [1.82, 2.24) is 4.90 Å². The maximum Gasteiger partial charge on any atom is 0.226 e. The summed E-state index contributed by atoms with van der Waals surface area (Å²) in [6.07, 6.45) is 3.60. The monoisotopic (exact) mass is 358 g/mol. The van der Waals surface area contributed by atoms with Gasteiger partial charge in [-0.1, -0.05) is 35.9 Å². The van der Waals surface area contributed by atoms with Crippen LogP contribution < -0.4 is 5.32 Å². The van der Waals surface area contributed by atoms with Crippen molar-refractivity contribution in [2.24, 2.45) is 0 Å². The van der Waals surface area contributed by atoms with E-state index >= 15 is 0 Å². The molecule has 25 heavy (non-hydrogen) atoms. The second-order valence-corrected chi connectivity index (χ2v) is 6.17. The van der Waals surface area contributed by atoms with E-state index in [2.05, 4.69) is 5.32 Å². The van der Waals surface area contributed by atoms with Gasteiger partial charge in [0.25, 0.3) is 0 Å². The number of carbonyl (C=O) groups is 2. The lowest BCUT2D eigenvalue weighted by molar-refractivity contribution is -0.129. The molecule has 1 aliphatic heterocycles. The van der Waals surface area contributed by atoms with E-state index in [-0.39, 0.29) is 23.3 Å². The lowest BCUT2D eigenvalue weighted by Gasteiger charge is -2.32. The minimum Gasteiger partial charge on any atom is -0.325 e. The second-order valence-electron chi connectivity index (χ2n) is 5.76. The zero-order chi connectivity index (χ0) is 18.0. The molecule has 0 spiro atoms. The minimum atomic E-state index is -0.475. The summed E-state index contributed by atoms with van der Waals surface area (Å²) in [5, 5.41) is 2.80. The Bertz CT molecular complexity index is 866. The first-order valence-corrected chi connectivity index (χ1v) is 8.14. The SMILES string of the molecule is CC(=O)N1C=Cc2ccccc2C1CC(=O)Nc1ccc(F)cc1Cl. The molecule has 0 aromatic heterocycles. The molecule has 1 aliphatic rings. The Balaban J connectivity index is 1.82. The van der Waals surface area contributed by atoms with Gasteiger partial charge in [-0.05, 0) is 35.4 Å². The molecular formula is C19H16ClFN2O2. The minimum absolute atomic E-state index is 0.0641. The number of fused-ring (bicyclic) bond motifs is 1. The van der Waals surface area contributed by atoms with Crippen LogP contribution in [0.5, 0.6) is 0 Å². The Morgan fingerprint density at radius 2 is 2.00 bits per heavy atom. The van der Waals surface area contributed by atoms with Gasteiger partial charge in [0.1, 0.15) is 5.82 Å². The van der Waals surface area contributed by atoms with Gasteiger partial charge in [-0.3, -0.25) is 9.59 Å². The summed E-state index contributed by atoms with van der Waals surface area (Å²) in [5.74, 6) is -0.935. The molecule has 1 unspecified atom stereocenters. The molecule has 128 valence electrons. The lowest BCUT2D eigenvalue weighted by atomic mass is 9.93. The third-order valence-corrected chi connectivity index (χ3v) is 4.37. The van der Waals surface area contributed by atoms with E-state index in [1.54, 1.807) is 6.20 Å². The van der Waals surface area contributed by atoms with Crippen molar-refractivity contribution in [3.63, 3.8) is 0 Å². The van der Waals surface area contributed by atoms with E-state index in [9.17, 15) is 14.0 Å². The average Bonchev–Trinajstić information content (AvgIpc) is 2.57. The maximum absolute atomic E-state index is 13.1. The van der Waals surface area contributed by atoms with Crippen LogP contribution in [0.25, 0.3) is 6.08 Å². The van der Waals surface area contributed by atoms with Gasteiger partial charge in [-0.2, -0.15) is 0 Å². The molecule has 0 saturated carbocycles. The fraction of sp³-hybridized carbons (Fsp3) is 0.158. The van der Waals surface area contributed by atoms with Gasteiger partial charge in [0, 0.05) is 13.1 Å². The van der Waals surface area contributed by atoms with Crippen molar-refractivity contribution in [3.8, 4) is 0 Å². The number of amides is 2. The highest BCUT2D eigenvalue weighted by Gasteiger charge is 2.28. The molecule has 1 heterocycles. The van der Waals surface area contributed by atoms with Crippen LogP contribution in [-0.4, -0.2) is 16.7 Å². The number of anilines is 1. The Labute approximate surface area is 149 Å². The van der Waals surface area contributed by atoms with E-state index in [1.807, 2.05) is 30.3 Å². The summed E-state index contributed by atoms with van der Waals surface area (Å²) in [7, 11) is 0. The van der Waals surface area contributed by atoms with Gasteiger partial charge in [-0.25, -0.2) is 4.39 Å². The quantitative estimate of drug-likeness (QED) is 0.885. The van der Waals surface area contributed by atoms with E-state index < -0.39 is 11.9 Å². The van der Waals surface area contributed by atoms with Gasteiger partial charge < -0.3 is 10.2 Å². The first-order valence-electron chi connectivity index (χ1n) is 7.76. The predicted molar refractivity (Wildman–Crippen MR) is 95.4 cm³/mol. The van der Waals surface area contributed by atoms with Gasteiger partial charge in [0.15, 0.2) is 0 Å². The number of halogens is 2. The number of hydrogen-bond donors (Lipinski definition) is 1. The van der Waals surface area contributed by atoms with Crippen molar-refractivity contribution < 1.29 is 14.0 Å². The Kier molecular flexibility index (Phi) is 4.86. The average molecular weight is 359 g/mol. The Morgan fingerprint density at radius 1 is 1.24 bits per heavy atom. The van der Waals surface area contributed by atoms with E-state index in [1.165, 1.54) is 24.0 Å². The summed E-state index contributed by atoms with van der Waals surface area (Å²) in [6.45, 7) is 1.46. The predicted octanol–water partition coefficient (Wildman–Crippen LogP) is 4.38. The fourth-order valence-electron chi connectivity index (χ4n) is 2.88. The van der Waals surface area contributed by atoms with Crippen molar-refractivity contribution in [2.75, 3.05) is 5.32 Å². The van der Waals surface area contributed by atoms with E-state index in [0.29, 0.717) is 5.69 Å². The molecule has 2 amide bonds. The number of rotatable bonds is 3. The molecule has 0 radical (unpaired) electrons. The highest BCUT2D eigenvalue weighted by Crippen LogP contribution is 2.33. The highest BCUT2D eigenvalue weighted by molar-refractivity contribution is 6.33. The standard InChI is InChI=1S/C19H16ClFN2O2/c1-12(24)23-9-8-13-4-2-3-5-15(13)18(23)11-19(25)22-17-7-6-14(21)10-16(17)20/h2-10,18H,11H2,1H3,(H,22,25). The van der Waals surface area contributed by atoms with Gasteiger partial charge in [0.2, 0.25) is 11.8 Å². The zero-order valence-corrected chi connectivity index (χ0v) is 14.3. The van der Waals surface area contributed by atoms with Gasteiger partial charge in [0.05, 0.1) is 23.2 Å². The van der Waals surface area contributed by atoms with Crippen LogP contribution in [0.2, 0.25) is 5.02 Å². The molecule has 1 atom stereocenters. The van der Waals surface area contributed by atoms with Crippen LogP contribution in [0.15, 0.2) is 48.7 Å². The molecule has 0 bridgehead atoms. The smallest absolute Gasteiger partial charge is 0.226 e. The lowest BCUT2D eigenvalue weighted by Crippen LogP contribution is -2.33. The summed E-state index contributed by atoms with van der Waals surface area (Å²) in [4.78, 5) is 25.9. The third-order valence-electron chi connectivity index (χ3n) is 4.05. The first kappa shape index (κ1) is 17.2. The van der Waals surface area contributed by atoms with E-state index in [4.69, 9.17) is 11.6 Å². The molecular weight excluding hydrogens is 343 g/mol. The molecule has 6 heteroatoms. The second kappa shape index (κ2) is 7.07. The molecule has 0 fully saturated rings. The van der Waals surface area contributed by atoms with Crippen molar-refractivity contribution >= 4 is 35.2 Å². The van der Waals surface area contributed by atoms with Gasteiger partial charge in [-0.15, -0.1) is 0 Å². The zero-order valence-electron chi connectivity index (χ0n) is 13.5. The summed E-state index contributed by atoms with van der Waals surface area (Å²) >= 11 is 5.95. The topological polar surface area (TPSA) is 49.4 Å². The van der Waals surface area contributed by atoms with Crippen LogP contribution in [0.4, 0.5) is 10.1 Å². The van der Waals surface area contributed by atoms with Crippen molar-refractivity contribution in [1.29, 1.82) is 0 Å². The van der Waals surface area contributed by atoms with Crippen LogP contribution in [0.3, 0.4) is 0 Å². The van der Waals surface area contributed by atoms with E-state index in [0.717, 1.165) is 17.2 Å². The van der Waals surface area contributed by atoms with Crippen LogP contribution >= 0.6 is 11.6 Å². The first-order chi connectivity index (χ1) is 12.0. The summed E-state index contributed by atoms with van der Waals surface area (Å²) in [6, 6.07) is 11.0. The van der Waals surface area contributed by atoms with Gasteiger partial charge >= 0.3 is 0 Å². The number of nitrogens with one attached hydrogen (secondary N) is 1. The number of carbonyl (C=O) groups excluding carboxylic acids is 2. The fourth-order valence-corrected chi connectivity index (χ4v) is 3.10. The number of hydrogen-bond acceptors (Lipinski definition) is 2. The van der Waals surface area contributed by atoms with Crippen molar-refractivity contribution in [3.05, 3.63) is 70.6 Å². The number of nitrogens with zero attached hydrogens (tertiary/aromatic N) is 1. The Hall–Kier alpha value is -2.66. The summed E-state index contributed by atoms with van der Waals surface area (Å²) < 4.78 is 13.1. The molecule has 0 aliphatic carbocycles. The summed E-state index contributed by atoms with van der Waals surface area (Å²) in [5.41, 5.74) is 2.21. The molecule has 1 N–H and O–H groups in total. The third kappa shape index (κ3) is 3.72. The van der Waals surface area contributed by atoms with Crippen LogP contribution in [0.1, 0.15) is 30.5 Å². The van der Waals surface area contributed by atoms with Crippen LogP contribution in [0, 0.1) is 5.82 Å². The van der Waals surface area contributed by atoms with Crippen LogP contribution in [-0.2, 0) is 9.59 Å². The molecule has 2 aromatic carbocycles. The molecule has 3 rings (SSSR count). The highest BCUT2D eigenvalue weighted by atomic mass is 35.5. The normalized spacial score (nSPS) is 15.6. The molecule has 2 aromatic rings. The molecule has 4 nitrogen and oxygen atoms in total. The number of benzene rings is 2. The largest absolute Gasteiger partial charge is 0.325 e. The molecule has 0 saturated heterocycles. The maximum atomic E-state index is 13.1. The Morgan fingerprint density at radius 3 is 2.72 bits per heavy atom.